The standard InChI is InChI=1S/C19H18O3/c1-3-15-10-19(20)22-18-11-16(7-8-17(15)18)21-12-14-6-4-5-13(2)9-14/h4-11H,3,12H2,1-2H3. The van der Waals surface area contributed by atoms with Crippen LogP contribution < -0.4 is 10.4 Å². The van der Waals surface area contributed by atoms with Gasteiger partial charge in [0.15, 0.2) is 0 Å². The molecule has 1 heterocycles. The summed E-state index contributed by atoms with van der Waals surface area (Å²) in [4.78, 5) is 11.6. The van der Waals surface area contributed by atoms with Gasteiger partial charge in [-0.3, -0.25) is 0 Å². The normalized spacial score (nSPS) is 10.8. The van der Waals surface area contributed by atoms with Crippen LogP contribution in [0.3, 0.4) is 0 Å². The maximum Gasteiger partial charge on any atom is 0.336 e. The van der Waals surface area contributed by atoms with Gasteiger partial charge in [-0.2, -0.15) is 0 Å². The Labute approximate surface area is 129 Å². The van der Waals surface area contributed by atoms with Crippen LogP contribution in [0.4, 0.5) is 0 Å². The smallest absolute Gasteiger partial charge is 0.336 e. The highest BCUT2D eigenvalue weighted by molar-refractivity contribution is 5.81. The first-order chi connectivity index (χ1) is 10.7. The highest BCUT2D eigenvalue weighted by Gasteiger charge is 2.06. The molecule has 2 aromatic carbocycles. The predicted molar refractivity (Wildman–Crippen MR) is 87.4 cm³/mol. The molecule has 3 rings (SSSR count). The average molecular weight is 294 g/mol. The van der Waals surface area contributed by atoms with Crippen LogP contribution in [-0.2, 0) is 13.0 Å². The van der Waals surface area contributed by atoms with E-state index in [9.17, 15) is 4.79 Å². The van der Waals surface area contributed by atoms with E-state index in [1.807, 2.05) is 31.2 Å². The number of hydrogen-bond acceptors (Lipinski definition) is 3. The van der Waals surface area contributed by atoms with Gasteiger partial charge in [0, 0.05) is 17.5 Å². The zero-order valence-electron chi connectivity index (χ0n) is 12.8. The second-order valence-electron chi connectivity index (χ2n) is 5.38. The minimum Gasteiger partial charge on any atom is -0.489 e. The quantitative estimate of drug-likeness (QED) is 0.675. The number of ether oxygens (including phenoxy) is 1. The summed E-state index contributed by atoms with van der Waals surface area (Å²) in [6.07, 6.45) is 0.797. The summed E-state index contributed by atoms with van der Waals surface area (Å²) in [7, 11) is 0. The van der Waals surface area contributed by atoms with Crippen LogP contribution in [0, 0.1) is 6.92 Å². The second-order valence-corrected chi connectivity index (χ2v) is 5.38. The van der Waals surface area contributed by atoms with E-state index in [2.05, 4.69) is 19.1 Å². The Morgan fingerprint density at radius 3 is 2.73 bits per heavy atom. The lowest BCUT2D eigenvalue weighted by Crippen LogP contribution is -2.00. The fourth-order valence-electron chi connectivity index (χ4n) is 2.56. The molecule has 0 saturated carbocycles. The molecule has 112 valence electrons. The molecular weight excluding hydrogens is 276 g/mol. The Hall–Kier alpha value is -2.55. The van der Waals surface area contributed by atoms with Gasteiger partial charge in [-0.15, -0.1) is 0 Å². The maximum atomic E-state index is 11.6. The first-order valence-electron chi connectivity index (χ1n) is 7.41. The minimum absolute atomic E-state index is 0.319. The van der Waals surface area contributed by atoms with Crippen molar-refractivity contribution >= 4 is 11.0 Å². The predicted octanol–water partition coefficient (Wildman–Crippen LogP) is 4.24. The highest BCUT2D eigenvalue weighted by Crippen LogP contribution is 2.23. The molecule has 0 saturated heterocycles. The maximum absolute atomic E-state index is 11.6. The minimum atomic E-state index is -0.319. The molecule has 0 aliphatic rings. The Bertz CT molecular complexity index is 862. The van der Waals surface area contributed by atoms with E-state index in [0.29, 0.717) is 17.9 Å². The average Bonchev–Trinajstić information content (AvgIpc) is 2.51. The zero-order chi connectivity index (χ0) is 15.5. The molecule has 3 aromatic rings. The summed E-state index contributed by atoms with van der Waals surface area (Å²) in [6.45, 7) is 4.57. The first-order valence-corrected chi connectivity index (χ1v) is 7.41. The van der Waals surface area contributed by atoms with Crippen LogP contribution in [0.25, 0.3) is 11.0 Å². The Balaban J connectivity index is 1.87. The molecule has 0 unspecified atom stereocenters. The van der Waals surface area contributed by atoms with Crippen LogP contribution in [0.1, 0.15) is 23.6 Å². The van der Waals surface area contributed by atoms with Crippen molar-refractivity contribution in [3.8, 4) is 5.75 Å². The van der Waals surface area contributed by atoms with Crippen molar-refractivity contribution < 1.29 is 9.15 Å². The number of rotatable bonds is 4. The molecule has 0 atom stereocenters. The molecule has 22 heavy (non-hydrogen) atoms. The Kier molecular flexibility index (Phi) is 3.96. The molecule has 0 aliphatic carbocycles. The van der Waals surface area contributed by atoms with Crippen molar-refractivity contribution in [3.05, 3.63) is 75.6 Å². The largest absolute Gasteiger partial charge is 0.489 e. The van der Waals surface area contributed by atoms with Gasteiger partial charge < -0.3 is 9.15 Å². The number of fused-ring (bicyclic) bond motifs is 1. The van der Waals surface area contributed by atoms with Gasteiger partial charge in [-0.25, -0.2) is 4.79 Å². The molecule has 0 N–H and O–H groups in total. The molecule has 0 amide bonds. The van der Waals surface area contributed by atoms with Gasteiger partial charge in [-0.1, -0.05) is 36.8 Å². The number of hydrogen-bond donors (Lipinski definition) is 0. The molecule has 0 bridgehead atoms. The van der Waals surface area contributed by atoms with Gasteiger partial charge in [-0.05, 0) is 36.6 Å². The third-order valence-electron chi connectivity index (χ3n) is 3.67. The van der Waals surface area contributed by atoms with Crippen molar-refractivity contribution in [1.29, 1.82) is 0 Å². The van der Waals surface area contributed by atoms with Gasteiger partial charge in [0.05, 0.1) is 0 Å². The van der Waals surface area contributed by atoms with Gasteiger partial charge >= 0.3 is 5.63 Å². The zero-order valence-corrected chi connectivity index (χ0v) is 12.8. The van der Waals surface area contributed by atoms with Crippen molar-refractivity contribution in [2.75, 3.05) is 0 Å². The van der Waals surface area contributed by atoms with Crippen molar-refractivity contribution in [2.45, 2.75) is 26.9 Å². The van der Waals surface area contributed by atoms with E-state index in [-0.39, 0.29) is 5.63 Å². The molecule has 3 heteroatoms. The SMILES string of the molecule is CCc1cc(=O)oc2cc(OCc3cccc(C)c3)ccc12. The summed E-state index contributed by atoms with van der Waals surface area (Å²) in [6, 6.07) is 15.4. The topological polar surface area (TPSA) is 39.4 Å². The molecule has 0 radical (unpaired) electrons. The summed E-state index contributed by atoms with van der Waals surface area (Å²) >= 11 is 0. The van der Waals surface area contributed by atoms with Crippen molar-refractivity contribution in [3.63, 3.8) is 0 Å². The van der Waals surface area contributed by atoms with Gasteiger partial charge in [0.1, 0.15) is 17.9 Å². The van der Waals surface area contributed by atoms with Crippen LogP contribution in [-0.4, -0.2) is 0 Å². The monoisotopic (exact) mass is 294 g/mol. The number of benzene rings is 2. The molecule has 1 aromatic heterocycles. The lowest BCUT2D eigenvalue weighted by molar-refractivity contribution is 0.306. The fourth-order valence-corrected chi connectivity index (χ4v) is 2.56. The second kappa shape index (κ2) is 6.06. The van der Waals surface area contributed by atoms with E-state index in [1.165, 1.54) is 5.56 Å². The van der Waals surface area contributed by atoms with Crippen LogP contribution >= 0.6 is 0 Å². The summed E-state index contributed by atoms with van der Waals surface area (Å²) in [5.41, 5.74) is 3.57. The van der Waals surface area contributed by atoms with E-state index in [1.54, 1.807) is 12.1 Å². The summed E-state index contributed by atoms with van der Waals surface area (Å²) < 4.78 is 11.1. The van der Waals surface area contributed by atoms with E-state index in [0.717, 1.165) is 22.9 Å². The lowest BCUT2D eigenvalue weighted by Gasteiger charge is -2.08. The lowest BCUT2D eigenvalue weighted by atomic mass is 10.1. The summed E-state index contributed by atoms with van der Waals surface area (Å²) in [5, 5.41) is 0.963. The van der Waals surface area contributed by atoms with Gasteiger partial charge in [0.2, 0.25) is 0 Å². The van der Waals surface area contributed by atoms with E-state index < -0.39 is 0 Å². The van der Waals surface area contributed by atoms with Gasteiger partial charge in [0.25, 0.3) is 0 Å². The molecular formula is C19H18O3. The van der Waals surface area contributed by atoms with E-state index >= 15 is 0 Å². The van der Waals surface area contributed by atoms with Crippen LogP contribution in [0.15, 0.2) is 57.7 Å². The third kappa shape index (κ3) is 3.03. The molecule has 3 nitrogen and oxygen atoms in total. The van der Waals surface area contributed by atoms with E-state index in [4.69, 9.17) is 9.15 Å². The Morgan fingerprint density at radius 2 is 1.95 bits per heavy atom. The molecule has 0 aliphatic heterocycles. The van der Waals surface area contributed by atoms with Crippen LogP contribution in [0.2, 0.25) is 0 Å². The van der Waals surface area contributed by atoms with Crippen molar-refractivity contribution in [1.82, 2.24) is 0 Å². The summed E-state index contributed by atoms with van der Waals surface area (Å²) in [5.74, 6) is 0.699. The van der Waals surface area contributed by atoms with Crippen LogP contribution in [0.5, 0.6) is 5.75 Å². The molecule has 0 fully saturated rings. The first kappa shape index (κ1) is 14.4. The number of aryl methyl sites for hydroxylation is 2. The third-order valence-corrected chi connectivity index (χ3v) is 3.67. The fraction of sp³-hybridized carbons (Fsp3) is 0.211. The Morgan fingerprint density at radius 1 is 1.09 bits per heavy atom. The highest BCUT2D eigenvalue weighted by atomic mass is 16.5. The molecule has 0 spiro atoms. The van der Waals surface area contributed by atoms with Crippen molar-refractivity contribution in [2.24, 2.45) is 0 Å².